The smallest absolute Gasteiger partial charge is 0.433 e. The van der Waals surface area contributed by atoms with Gasteiger partial charge in [0.2, 0.25) is 0 Å². The minimum atomic E-state index is -4.61. The zero-order valence-electron chi connectivity index (χ0n) is 17.0. The summed E-state index contributed by atoms with van der Waals surface area (Å²) in [4.78, 5) is 20.8. The molecule has 4 heterocycles. The Balaban J connectivity index is 1.61. The molecule has 3 aromatic rings. The molecule has 0 amide bonds. The normalized spacial score (nSPS) is 16.7. The Kier molecular flexibility index (Phi) is 5.95. The maximum Gasteiger partial charge on any atom is 0.433 e. The Hall–Kier alpha value is -2.94. The van der Waals surface area contributed by atoms with Gasteiger partial charge in [-0.1, -0.05) is 6.07 Å². The van der Waals surface area contributed by atoms with Crippen LogP contribution in [0.5, 0.6) is 5.75 Å². The first kappa shape index (κ1) is 21.3. The maximum atomic E-state index is 12.9. The van der Waals surface area contributed by atoms with E-state index in [1.54, 1.807) is 12.3 Å². The van der Waals surface area contributed by atoms with E-state index in [1.165, 1.54) is 12.1 Å². The predicted molar refractivity (Wildman–Crippen MR) is 106 cm³/mol. The van der Waals surface area contributed by atoms with Crippen LogP contribution >= 0.6 is 0 Å². The van der Waals surface area contributed by atoms with Gasteiger partial charge >= 0.3 is 6.18 Å². The summed E-state index contributed by atoms with van der Waals surface area (Å²) >= 11 is 0. The summed E-state index contributed by atoms with van der Waals surface area (Å²) in [5, 5.41) is 0. The highest BCUT2D eigenvalue weighted by Crippen LogP contribution is 2.28. The van der Waals surface area contributed by atoms with Gasteiger partial charge in [0.25, 0.3) is 0 Å². The number of imidazole rings is 1. The number of halogens is 3. The van der Waals surface area contributed by atoms with Crippen LogP contribution in [0.3, 0.4) is 0 Å². The van der Waals surface area contributed by atoms with Gasteiger partial charge in [0.05, 0.1) is 12.3 Å². The van der Waals surface area contributed by atoms with Gasteiger partial charge in [-0.15, -0.1) is 0 Å². The number of alkyl halides is 3. The van der Waals surface area contributed by atoms with Crippen LogP contribution in [0.15, 0.2) is 36.7 Å². The number of aromatic nitrogens is 3. The molecule has 1 atom stereocenters. The van der Waals surface area contributed by atoms with E-state index in [1.807, 2.05) is 17.5 Å². The highest BCUT2D eigenvalue weighted by molar-refractivity contribution is 5.96. The summed E-state index contributed by atoms with van der Waals surface area (Å²) < 4.78 is 51.7. The predicted octanol–water partition coefficient (Wildman–Crippen LogP) is 4.15. The third kappa shape index (κ3) is 4.87. The summed E-state index contributed by atoms with van der Waals surface area (Å²) in [6, 6.07) is 5.07. The Labute approximate surface area is 177 Å². The van der Waals surface area contributed by atoms with Crippen molar-refractivity contribution in [3.63, 3.8) is 0 Å². The number of hydrogen-bond acceptors (Lipinski definition) is 5. The largest absolute Gasteiger partial charge is 0.493 e. The number of pyridine rings is 2. The summed E-state index contributed by atoms with van der Waals surface area (Å²) in [5.41, 5.74) is 0.845. The van der Waals surface area contributed by atoms with E-state index in [0.717, 1.165) is 37.8 Å². The minimum Gasteiger partial charge on any atom is -0.493 e. The fourth-order valence-corrected chi connectivity index (χ4v) is 3.68. The number of hydrogen-bond donors (Lipinski definition) is 0. The molecule has 1 aliphatic rings. The highest BCUT2D eigenvalue weighted by atomic mass is 19.4. The van der Waals surface area contributed by atoms with Crippen molar-refractivity contribution in [3.05, 3.63) is 59.3 Å². The summed E-state index contributed by atoms with van der Waals surface area (Å²) in [7, 11) is 0. The van der Waals surface area contributed by atoms with E-state index in [9.17, 15) is 18.0 Å². The van der Waals surface area contributed by atoms with Gasteiger partial charge in [-0.05, 0) is 37.8 Å². The van der Waals surface area contributed by atoms with Gasteiger partial charge in [0, 0.05) is 43.7 Å². The molecule has 1 aliphatic heterocycles. The molecule has 4 rings (SSSR count). The van der Waals surface area contributed by atoms with E-state index in [2.05, 4.69) is 9.97 Å². The summed E-state index contributed by atoms with van der Waals surface area (Å²) in [6.45, 7) is 3.69. The molecule has 1 fully saturated rings. The SMILES string of the molecule is CCOc1cc2nc(CC3CCOC3)cn2cc1CC(=O)c1cccc(C(F)(F)F)n1. The molecule has 6 nitrogen and oxygen atoms in total. The Morgan fingerprint density at radius 1 is 1.29 bits per heavy atom. The molecule has 3 aromatic heterocycles. The van der Waals surface area contributed by atoms with E-state index in [4.69, 9.17) is 9.47 Å². The van der Waals surface area contributed by atoms with Crippen LogP contribution in [-0.2, 0) is 23.8 Å². The average molecular weight is 433 g/mol. The second-order valence-electron chi connectivity index (χ2n) is 7.53. The summed E-state index contributed by atoms with van der Waals surface area (Å²) in [5.74, 6) is 0.399. The molecule has 0 aliphatic carbocycles. The molecular formula is C22H22F3N3O3. The van der Waals surface area contributed by atoms with Gasteiger partial charge in [-0.3, -0.25) is 4.79 Å². The number of carbonyl (C=O) groups is 1. The van der Waals surface area contributed by atoms with Gasteiger partial charge in [-0.25, -0.2) is 9.97 Å². The maximum absolute atomic E-state index is 12.9. The van der Waals surface area contributed by atoms with Crippen LogP contribution in [0.4, 0.5) is 13.2 Å². The highest BCUT2D eigenvalue weighted by Gasteiger charge is 2.33. The topological polar surface area (TPSA) is 65.7 Å². The van der Waals surface area contributed by atoms with Gasteiger partial charge in [-0.2, -0.15) is 13.2 Å². The molecule has 0 bridgehead atoms. The zero-order valence-corrected chi connectivity index (χ0v) is 17.0. The third-order valence-electron chi connectivity index (χ3n) is 5.18. The van der Waals surface area contributed by atoms with Crippen LogP contribution in [0.2, 0.25) is 0 Å². The Morgan fingerprint density at radius 2 is 2.13 bits per heavy atom. The molecule has 0 spiro atoms. The zero-order chi connectivity index (χ0) is 22.0. The fourth-order valence-electron chi connectivity index (χ4n) is 3.68. The second-order valence-corrected chi connectivity index (χ2v) is 7.53. The van der Waals surface area contributed by atoms with Crippen molar-refractivity contribution in [2.45, 2.75) is 32.4 Å². The van der Waals surface area contributed by atoms with Gasteiger partial charge in [0.15, 0.2) is 5.78 Å². The lowest BCUT2D eigenvalue weighted by atomic mass is 10.0. The Morgan fingerprint density at radius 3 is 2.84 bits per heavy atom. The number of Topliss-reactive ketones (excluding diaryl/α,β-unsaturated/α-hetero) is 1. The quantitative estimate of drug-likeness (QED) is 0.524. The van der Waals surface area contributed by atoms with Crippen LogP contribution in [-0.4, -0.2) is 40.0 Å². The molecule has 0 N–H and O–H groups in total. The van der Waals surface area contributed by atoms with Crippen LogP contribution < -0.4 is 4.74 Å². The van der Waals surface area contributed by atoms with Crippen molar-refractivity contribution in [1.29, 1.82) is 0 Å². The standard InChI is InChI=1S/C22H22F3N3O3/c1-2-31-19-10-21-26-16(8-14-6-7-30-13-14)12-28(21)11-15(19)9-18(29)17-4-3-5-20(27-17)22(23,24)25/h3-5,10-12,14H,2,6-9,13H2,1H3. The van der Waals surface area contributed by atoms with E-state index >= 15 is 0 Å². The lowest BCUT2D eigenvalue weighted by Gasteiger charge is -2.11. The fraction of sp³-hybridized carbons (Fsp3) is 0.409. The van der Waals surface area contributed by atoms with Crippen molar-refractivity contribution in [3.8, 4) is 5.75 Å². The average Bonchev–Trinajstić information content (AvgIpc) is 3.37. The number of rotatable bonds is 7. The van der Waals surface area contributed by atoms with Crippen molar-refractivity contribution in [1.82, 2.24) is 14.4 Å². The second kappa shape index (κ2) is 8.66. The molecule has 31 heavy (non-hydrogen) atoms. The van der Waals surface area contributed by atoms with Crippen molar-refractivity contribution < 1.29 is 27.4 Å². The van der Waals surface area contributed by atoms with Crippen LogP contribution in [0.1, 0.15) is 40.8 Å². The molecule has 164 valence electrons. The first-order chi connectivity index (χ1) is 14.8. The minimum absolute atomic E-state index is 0.135. The van der Waals surface area contributed by atoms with E-state index < -0.39 is 17.7 Å². The number of ether oxygens (including phenoxy) is 2. The number of ketones is 1. The van der Waals surface area contributed by atoms with Crippen molar-refractivity contribution in [2.75, 3.05) is 19.8 Å². The lowest BCUT2D eigenvalue weighted by molar-refractivity contribution is -0.141. The molecule has 0 radical (unpaired) electrons. The van der Waals surface area contributed by atoms with Crippen LogP contribution in [0.25, 0.3) is 5.65 Å². The first-order valence-electron chi connectivity index (χ1n) is 10.1. The van der Waals surface area contributed by atoms with Crippen LogP contribution in [0, 0.1) is 5.92 Å². The third-order valence-corrected chi connectivity index (χ3v) is 5.18. The van der Waals surface area contributed by atoms with E-state index in [0.29, 0.717) is 29.5 Å². The molecule has 9 heteroatoms. The molecule has 0 aromatic carbocycles. The molecule has 1 unspecified atom stereocenters. The van der Waals surface area contributed by atoms with Crippen molar-refractivity contribution in [2.24, 2.45) is 5.92 Å². The first-order valence-corrected chi connectivity index (χ1v) is 10.1. The monoisotopic (exact) mass is 433 g/mol. The number of fused-ring (bicyclic) bond motifs is 1. The van der Waals surface area contributed by atoms with Gasteiger partial charge in [0.1, 0.15) is 22.8 Å². The molecular weight excluding hydrogens is 411 g/mol. The van der Waals surface area contributed by atoms with E-state index in [-0.39, 0.29) is 12.1 Å². The summed E-state index contributed by atoms with van der Waals surface area (Å²) in [6.07, 6.45) is 0.704. The molecule has 1 saturated heterocycles. The molecule has 0 saturated carbocycles. The van der Waals surface area contributed by atoms with Crippen molar-refractivity contribution >= 4 is 11.4 Å². The Bertz CT molecular complexity index is 1090. The lowest BCUT2D eigenvalue weighted by Crippen LogP contribution is -2.13. The number of carbonyl (C=O) groups excluding carboxylic acids is 1. The number of nitrogens with zero attached hydrogens (tertiary/aromatic N) is 3. The van der Waals surface area contributed by atoms with Gasteiger partial charge < -0.3 is 13.9 Å².